The van der Waals surface area contributed by atoms with Gasteiger partial charge in [-0.25, -0.2) is 0 Å². The Balaban J connectivity index is 1.70. The molecule has 122 valence electrons. The van der Waals surface area contributed by atoms with E-state index < -0.39 is 16.7 Å². The molecule has 7 nitrogen and oxygen atoms in total. The molecule has 3 rings (SSSR count). The highest BCUT2D eigenvalue weighted by atomic mass is 16.6. The zero-order valence-electron chi connectivity index (χ0n) is 12.8. The van der Waals surface area contributed by atoms with Crippen LogP contribution in [-0.2, 0) is 6.54 Å². The Kier molecular flexibility index (Phi) is 4.15. The number of nitrogens with one attached hydrogen (secondary N) is 1. The average Bonchev–Trinajstić information content (AvgIpc) is 3.09. The van der Waals surface area contributed by atoms with Crippen molar-refractivity contribution < 1.29 is 18.9 Å². The molecule has 2 aromatic carbocycles. The van der Waals surface area contributed by atoms with E-state index in [1.807, 2.05) is 36.4 Å². The first-order valence-corrected chi connectivity index (χ1v) is 7.16. The minimum Gasteiger partial charge on any atom is -0.497 e. The second-order valence-electron chi connectivity index (χ2n) is 5.13. The fourth-order valence-electron chi connectivity index (χ4n) is 2.33. The van der Waals surface area contributed by atoms with Gasteiger partial charge in [0.05, 0.1) is 13.2 Å². The number of methoxy groups -OCH3 is 1. The molecule has 0 atom stereocenters. The summed E-state index contributed by atoms with van der Waals surface area (Å²) < 4.78 is 10.0. The normalized spacial score (nSPS) is 10.5. The van der Waals surface area contributed by atoms with Crippen molar-refractivity contribution in [1.29, 1.82) is 0 Å². The van der Waals surface area contributed by atoms with Gasteiger partial charge in [-0.15, -0.1) is 0 Å². The minimum absolute atomic E-state index is 0.0905. The maximum atomic E-state index is 12.0. The van der Waals surface area contributed by atoms with Gasteiger partial charge in [0.2, 0.25) is 0 Å². The number of benzene rings is 2. The molecule has 7 heteroatoms. The topological polar surface area (TPSA) is 94.6 Å². The molecule has 1 N–H and O–H groups in total. The zero-order valence-corrected chi connectivity index (χ0v) is 12.8. The Labute approximate surface area is 137 Å². The van der Waals surface area contributed by atoms with E-state index in [9.17, 15) is 14.9 Å². The maximum Gasteiger partial charge on any atom is 0.433 e. The van der Waals surface area contributed by atoms with Crippen LogP contribution < -0.4 is 10.1 Å². The molecule has 0 bridgehead atoms. The molecule has 0 saturated carbocycles. The van der Waals surface area contributed by atoms with Crippen molar-refractivity contribution in [2.75, 3.05) is 7.11 Å². The highest BCUT2D eigenvalue weighted by Gasteiger charge is 2.16. The molecule has 0 spiro atoms. The minimum atomic E-state index is -0.686. The second-order valence-corrected chi connectivity index (χ2v) is 5.13. The summed E-state index contributed by atoms with van der Waals surface area (Å²) in [5.41, 5.74) is 0.905. The first-order valence-electron chi connectivity index (χ1n) is 7.16. The van der Waals surface area contributed by atoms with Gasteiger partial charge in [-0.1, -0.05) is 18.2 Å². The van der Waals surface area contributed by atoms with E-state index in [-0.39, 0.29) is 12.3 Å². The molecule has 24 heavy (non-hydrogen) atoms. The number of nitrogens with zero attached hydrogens (tertiary/aromatic N) is 1. The van der Waals surface area contributed by atoms with Crippen molar-refractivity contribution in [3.8, 4) is 5.75 Å². The lowest BCUT2D eigenvalue weighted by atomic mass is 10.1. The summed E-state index contributed by atoms with van der Waals surface area (Å²) in [6, 6.07) is 14.0. The van der Waals surface area contributed by atoms with Crippen LogP contribution in [0.2, 0.25) is 0 Å². The maximum absolute atomic E-state index is 12.0. The largest absolute Gasteiger partial charge is 0.497 e. The predicted molar refractivity (Wildman–Crippen MR) is 87.0 cm³/mol. The third-order valence-electron chi connectivity index (χ3n) is 3.56. The molecule has 1 aromatic heterocycles. The molecule has 0 unspecified atom stereocenters. The molecule has 0 radical (unpaired) electrons. The summed E-state index contributed by atoms with van der Waals surface area (Å²) in [5, 5.41) is 15.3. The van der Waals surface area contributed by atoms with E-state index in [1.54, 1.807) is 7.11 Å². The van der Waals surface area contributed by atoms with E-state index in [0.717, 1.165) is 28.2 Å². The second kappa shape index (κ2) is 6.41. The highest BCUT2D eigenvalue weighted by Crippen LogP contribution is 2.22. The summed E-state index contributed by atoms with van der Waals surface area (Å²) in [5.74, 6) is -0.270. The van der Waals surface area contributed by atoms with Gasteiger partial charge in [-0.05, 0) is 40.6 Å². The number of carbonyl (C=O) groups excluding carboxylic acids is 1. The average molecular weight is 326 g/mol. The number of hydrogen-bond acceptors (Lipinski definition) is 5. The third kappa shape index (κ3) is 3.19. The summed E-state index contributed by atoms with van der Waals surface area (Å²) in [7, 11) is 1.62. The summed E-state index contributed by atoms with van der Waals surface area (Å²) >= 11 is 0. The molecule has 1 heterocycles. The standard InChI is InChI=1S/C17H14N2O5/c1-23-14-5-4-12-8-11(2-3-13(12)9-14)10-18-17(20)15-6-7-16(24-15)19(21)22/h2-9H,10H2,1H3,(H,18,20). The number of fused-ring (bicyclic) bond motifs is 1. The third-order valence-corrected chi connectivity index (χ3v) is 3.56. The van der Waals surface area contributed by atoms with E-state index in [4.69, 9.17) is 9.15 Å². The van der Waals surface area contributed by atoms with Crippen molar-refractivity contribution in [3.63, 3.8) is 0 Å². The van der Waals surface area contributed by atoms with Crippen LogP contribution in [0.3, 0.4) is 0 Å². The number of hydrogen-bond donors (Lipinski definition) is 1. The van der Waals surface area contributed by atoms with E-state index in [1.165, 1.54) is 6.07 Å². The summed E-state index contributed by atoms with van der Waals surface area (Å²) in [4.78, 5) is 21.8. The predicted octanol–water partition coefficient (Wildman–Crippen LogP) is 3.28. The molecule has 0 fully saturated rings. The molecule has 0 aliphatic heterocycles. The van der Waals surface area contributed by atoms with Crippen molar-refractivity contribution in [2.45, 2.75) is 6.54 Å². The van der Waals surface area contributed by atoms with Gasteiger partial charge in [-0.2, -0.15) is 0 Å². The molecule has 0 aliphatic rings. The fourth-order valence-corrected chi connectivity index (χ4v) is 2.33. The van der Waals surface area contributed by atoms with Crippen molar-refractivity contribution in [3.05, 3.63) is 70.0 Å². The lowest BCUT2D eigenvalue weighted by Crippen LogP contribution is -2.22. The molecule has 1 amide bonds. The van der Waals surface area contributed by atoms with Gasteiger partial charge in [0.1, 0.15) is 10.7 Å². The Morgan fingerprint density at radius 1 is 1.17 bits per heavy atom. The fraction of sp³-hybridized carbons (Fsp3) is 0.118. The number of furan rings is 1. The Bertz CT molecular complexity index is 916. The highest BCUT2D eigenvalue weighted by molar-refractivity contribution is 5.91. The van der Waals surface area contributed by atoms with Crippen molar-refractivity contribution in [2.24, 2.45) is 0 Å². The molecule has 0 aliphatic carbocycles. The smallest absolute Gasteiger partial charge is 0.433 e. The number of ether oxygens (including phenoxy) is 1. The number of nitro groups is 1. The van der Waals surface area contributed by atoms with E-state index >= 15 is 0 Å². The number of amides is 1. The molecule has 0 saturated heterocycles. The Morgan fingerprint density at radius 2 is 1.92 bits per heavy atom. The van der Waals surface area contributed by atoms with Crippen LogP contribution in [0, 0.1) is 10.1 Å². The van der Waals surface area contributed by atoms with Crippen LogP contribution in [0.5, 0.6) is 5.75 Å². The summed E-state index contributed by atoms with van der Waals surface area (Å²) in [6.45, 7) is 0.287. The molecule has 3 aromatic rings. The quantitative estimate of drug-likeness (QED) is 0.573. The van der Waals surface area contributed by atoms with Crippen LogP contribution >= 0.6 is 0 Å². The van der Waals surface area contributed by atoms with Gasteiger partial charge in [0, 0.05) is 6.54 Å². The van der Waals surface area contributed by atoms with Crippen LogP contribution in [0.25, 0.3) is 10.8 Å². The van der Waals surface area contributed by atoms with Gasteiger partial charge < -0.3 is 14.5 Å². The van der Waals surface area contributed by atoms with Crippen LogP contribution in [0.1, 0.15) is 16.1 Å². The lowest BCUT2D eigenvalue weighted by Gasteiger charge is -2.06. The monoisotopic (exact) mass is 326 g/mol. The number of rotatable bonds is 5. The van der Waals surface area contributed by atoms with Gasteiger partial charge in [0.15, 0.2) is 5.76 Å². The Morgan fingerprint density at radius 3 is 2.62 bits per heavy atom. The first kappa shape index (κ1) is 15.5. The molecular weight excluding hydrogens is 312 g/mol. The van der Waals surface area contributed by atoms with E-state index in [0.29, 0.717) is 0 Å². The van der Waals surface area contributed by atoms with E-state index in [2.05, 4.69) is 5.32 Å². The van der Waals surface area contributed by atoms with Gasteiger partial charge in [0.25, 0.3) is 5.91 Å². The Hall–Kier alpha value is -3.35. The SMILES string of the molecule is COc1ccc2cc(CNC(=O)c3ccc([N+](=O)[O-])o3)ccc2c1. The number of carbonyl (C=O) groups is 1. The zero-order chi connectivity index (χ0) is 17.1. The van der Waals surface area contributed by atoms with Crippen LogP contribution in [0.4, 0.5) is 5.88 Å². The van der Waals surface area contributed by atoms with Gasteiger partial charge >= 0.3 is 5.88 Å². The van der Waals surface area contributed by atoms with Crippen LogP contribution in [-0.4, -0.2) is 17.9 Å². The van der Waals surface area contributed by atoms with Gasteiger partial charge in [-0.3, -0.25) is 14.9 Å². The van der Waals surface area contributed by atoms with Crippen molar-refractivity contribution in [1.82, 2.24) is 5.32 Å². The lowest BCUT2D eigenvalue weighted by molar-refractivity contribution is -0.402. The van der Waals surface area contributed by atoms with Crippen molar-refractivity contribution >= 4 is 22.6 Å². The van der Waals surface area contributed by atoms with Crippen LogP contribution in [0.15, 0.2) is 52.9 Å². The summed E-state index contributed by atoms with van der Waals surface area (Å²) in [6.07, 6.45) is 0. The molecular formula is C17H14N2O5. The first-order chi connectivity index (χ1) is 11.6.